The highest BCUT2D eigenvalue weighted by Crippen LogP contribution is 2.43. The van der Waals surface area contributed by atoms with Crippen LogP contribution >= 0.6 is 0 Å². The summed E-state index contributed by atoms with van der Waals surface area (Å²) < 4.78 is 0. The highest BCUT2D eigenvalue weighted by molar-refractivity contribution is 5.83. The van der Waals surface area contributed by atoms with Crippen LogP contribution in [0.5, 0.6) is 0 Å². The minimum absolute atomic E-state index is 0.0914. The molecule has 0 spiro atoms. The molecule has 1 unspecified atom stereocenters. The number of hydrogen-bond acceptors (Lipinski definition) is 2. The first-order valence-electron chi connectivity index (χ1n) is 4.47. The summed E-state index contributed by atoms with van der Waals surface area (Å²) in [6.45, 7) is 4.25. The summed E-state index contributed by atoms with van der Waals surface area (Å²) in [4.78, 5) is 11.4. The Morgan fingerprint density at radius 1 is 1.67 bits per heavy atom. The number of nitrogens with zero attached hydrogens (tertiary/aromatic N) is 1. The van der Waals surface area contributed by atoms with Crippen LogP contribution in [0.15, 0.2) is 0 Å². The molecule has 1 fully saturated rings. The van der Waals surface area contributed by atoms with Crippen molar-refractivity contribution in [2.75, 3.05) is 0 Å². The zero-order valence-corrected chi connectivity index (χ0v) is 7.76. The van der Waals surface area contributed by atoms with Crippen molar-refractivity contribution in [3.8, 4) is 6.07 Å². The van der Waals surface area contributed by atoms with Crippen molar-refractivity contribution in [2.24, 2.45) is 11.3 Å². The molecule has 0 saturated heterocycles. The van der Waals surface area contributed by atoms with Crippen LogP contribution < -0.4 is 0 Å². The Labute approximate surface area is 73.6 Å². The quantitative estimate of drug-likeness (QED) is 0.630. The molecule has 1 atom stereocenters. The number of Topliss-reactive ketones (excluding diaryl/α,β-unsaturated/α-hetero) is 1. The zero-order valence-electron chi connectivity index (χ0n) is 7.76. The predicted octanol–water partition coefficient (Wildman–Crippen LogP) is 2.30. The molecule has 0 bridgehead atoms. The fraction of sp³-hybridized carbons (Fsp3) is 0.800. The van der Waals surface area contributed by atoms with E-state index in [1.165, 1.54) is 0 Å². The SMILES string of the molecule is CC1(C)CCCC1C(=O)CC#N. The van der Waals surface area contributed by atoms with Crippen molar-refractivity contribution in [3.05, 3.63) is 0 Å². The summed E-state index contributed by atoms with van der Waals surface area (Å²) in [7, 11) is 0. The van der Waals surface area contributed by atoms with Crippen molar-refractivity contribution >= 4 is 5.78 Å². The third-order valence-electron chi connectivity index (χ3n) is 2.90. The van der Waals surface area contributed by atoms with Crippen molar-refractivity contribution < 1.29 is 4.79 Å². The summed E-state index contributed by atoms with van der Waals surface area (Å²) in [6, 6.07) is 1.93. The van der Waals surface area contributed by atoms with Crippen molar-refractivity contribution in [1.82, 2.24) is 0 Å². The summed E-state index contributed by atoms with van der Waals surface area (Å²) in [5.74, 6) is 0.275. The molecule has 0 heterocycles. The summed E-state index contributed by atoms with van der Waals surface area (Å²) in [6.07, 6.45) is 3.32. The monoisotopic (exact) mass is 165 g/mol. The average Bonchev–Trinajstić information content (AvgIpc) is 2.30. The van der Waals surface area contributed by atoms with Gasteiger partial charge in [0, 0.05) is 5.92 Å². The van der Waals surface area contributed by atoms with Crippen LogP contribution in [0, 0.1) is 22.7 Å². The molecule has 2 nitrogen and oxygen atoms in total. The lowest BCUT2D eigenvalue weighted by Gasteiger charge is -2.24. The Bertz CT molecular complexity index is 224. The van der Waals surface area contributed by atoms with Crippen molar-refractivity contribution in [2.45, 2.75) is 39.5 Å². The second-order valence-electron chi connectivity index (χ2n) is 4.23. The van der Waals surface area contributed by atoms with Gasteiger partial charge < -0.3 is 0 Å². The van der Waals surface area contributed by atoms with E-state index in [1.807, 2.05) is 6.07 Å². The van der Waals surface area contributed by atoms with Crippen molar-refractivity contribution in [3.63, 3.8) is 0 Å². The molecule has 0 radical (unpaired) electrons. The number of nitriles is 1. The molecule has 1 aliphatic rings. The molecule has 0 aromatic heterocycles. The first-order chi connectivity index (χ1) is 5.58. The summed E-state index contributed by atoms with van der Waals surface area (Å²) in [5, 5.41) is 8.40. The Morgan fingerprint density at radius 2 is 2.33 bits per heavy atom. The fourth-order valence-electron chi connectivity index (χ4n) is 2.12. The van der Waals surface area contributed by atoms with E-state index in [-0.39, 0.29) is 23.5 Å². The minimum atomic E-state index is 0.0914. The molecular formula is C10H15NO. The molecule has 1 saturated carbocycles. The van der Waals surface area contributed by atoms with Gasteiger partial charge in [0.1, 0.15) is 0 Å². The van der Waals surface area contributed by atoms with E-state index < -0.39 is 0 Å². The van der Waals surface area contributed by atoms with Gasteiger partial charge in [0.05, 0.1) is 12.5 Å². The van der Waals surface area contributed by atoms with E-state index in [9.17, 15) is 4.79 Å². The molecule has 0 amide bonds. The molecule has 0 aliphatic heterocycles. The lowest BCUT2D eigenvalue weighted by molar-refractivity contribution is -0.124. The first-order valence-corrected chi connectivity index (χ1v) is 4.47. The predicted molar refractivity (Wildman–Crippen MR) is 46.4 cm³/mol. The molecular weight excluding hydrogens is 150 g/mol. The van der Waals surface area contributed by atoms with E-state index in [0.29, 0.717) is 0 Å². The highest BCUT2D eigenvalue weighted by atomic mass is 16.1. The van der Waals surface area contributed by atoms with Gasteiger partial charge in [-0.2, -0.15) is 5.26 Å². The van der Waals surface area contributed by atoms with E-state index >= 15 is 0 Å². The average molecular weight is 165 g/mol. The second kappa shape index (κ2) is 3.26. The molecule has 2 heteroatoms. The van der Waals surface area contributed by atoms with Crippen LogP contribution in [0.1, 0.15) is 39.5 Å². The van der Waals surface area contributed by atoms with Crippen LogP contribution in [0.25, 0.3) is 0 Å². The number of rotatable bonds is 2. The maximum absolute atomic E-state index is 11.4. The lowest BCUT2D eigenvalue weighted by Crippen LogP contribution is -2.25. The lowest BCUT2D eigenvalue weighted by atomic mass is 9.79. The maximum atomic E-state index is 11.4. The van der Waals surface area contributed by atoms with Gasteiger partial charge in [-0.05, 0) is 18.3 Å². The number of ketones is 1. The molecule has 12 heavy (non-hydrogen) atoms. The van der Waals surface area contributed by atoms with Crippen LogP contribution in [-0.4, -0.2) is 5.78 Å². The topological polar surface area (TPSA) is 40.9 Å². The first kappa shape index (κ1) is 9.25. The van der Waals surface area contributed by atoms with Gasteiger partial charge in [0.15, 0.2) is 5.78 Å². The zero-order chi connectivity index (χ0) is 9.19. The Morgan fingerprint density at radius 3 is 2.75 bits per heavy atom. The van der Waals surface area contributed by atoms with Crippen LogP contribution in [0.3, 0.4) is 0 Å². The molecule has 0 aromatic carbocycles. The standard InChI is InChI=1S/C10H15NO/c1-10(2)6-3-4-8(10)9(12)5-7-11/h8H,3-6H2,1-2H3. The molecule has 66 valence electrons. The van der Waals surface area contributed by atoms with Crippen molar-refractivity contribution in [1.29, 1.82) is 5.26 Å². The maximum Gasteiger partial charge on any atom is 0.150 e. The molecule has 1 rings (SSSR count). The molecule has 0 N–H and O–H groups in total. The van der Waals surface area contributed by atoms with Gasteiger partial charge in [-0.1, -0.05) is 20.3 Å². The van der Waals surface area contributed by atoms with E-state index in [1.54, 1.807) is 0 Å². The largest absolute Gasteiger partial charge is 0.298 e. The van der Waals surface area contributed by atoms with Gasteiger partial charge in [-0.15, -0.1) is 0 Å². The Hall–Kier alpha value is -0.840. The smallest absolute Gasteiger partial charge is 0.150 e. The summed E-state index contributed by atoms with van der Waals surface area (Å²) >= 11 is 0. The van der Waals surface area contributed by atoms with Gasteiger partial charge in [0.25, 0.3) is 0 Å². The number of carbonyl (C=O) groups excluding carboxylic acids is 1. The number of hydrogen-bond donors (Lipinski definition) is 0. The van der Waals surface area contributed by atoms with Gasteiger partial charge in [-0.3, -0.25) is 4.79 Å². The van der Waals surface area contributed by atoms with Crippen LogP contribution in [0.2, 0.25) is 0 Å². The van der Waals surface area contributed by atoms with E-state index in [4.69, 9.17) is 5.26 Å². The van der Waals surface area contributed by atoms with Gasteiger partial charge in [0.2, 0.25) is 0 Å². The Kier molecular flexibility index (Phi) is 2.52. The fourth-order valence-corrected chi connectivity index (χ4v) is 2.12. The summed E-state index contributed by atoms with van der Waals surface area (Å²) in [5.41, 5.74) is 0.133. The third-order valence-corrected chi connectivity index (χ3v) is 2.90. The second-order valence-corrected chi connectivity index (χ2v) is 4.23. The Balaban J connectivity index is 2.64. The number of carbonyl (C=O) groups is 1. The van der Waals surface area contributed by atoms with E-state index in [2.05, 4.69) is 13.8 Å². The van der Waals surface area contributed by atoms with Gasteiger partial charge >= 0.3 is 0 Å². The van der Waals surface area contributed by atoms with Gasteiger partial charge in [-0.25, -0.2) is 0 Å². The van der Waals surface area contributed by atoms with E-state index in [0.717, 1.165) is 19.3 Å². The van der Waals surface area contributed by atoms with Crippen LogP contribution in [0.4, 0.5) is 0 Å². The molecule has 1 aliphatic carbocycles. The third kappa shape index (κ3) is 1.66. The highest BCUT2D eigenvalue weighted by Gasteiger charge is 2.38. The normalized spacial score (nSPS) is 26.6. The van der Waals surface area contributed by atoms with Crippen LogP contribution in [-0.2, 0) is 4.79 Å². The minimum Gasteiger partial charge on any atom is -0.298 e. The molecule has 0 aromatic rings.